The molecule has 0 radical (unpaired) electrons. The molecule has 2 aromatic rings. The molecule has 3 rings (SSSR count). The van der Waals surface area contributed by atoms with Gasteiger partial charge in [0.2, 0.25) is 0 Å². The number of anilines is 1. The number of nitrogens with one attached hydrogen (secondary N) is 1. The third-order valence-corrected chi connectivity index (χ3v) is 4.83. The van der Waals surface area contributed by atoms with Gasteiger partial charge in [-0.1, -0.05) is 29.3 Å². The van der Waals surface area contributed by atoms with Crippen LogP contribution in [-0.4, -0.2) is 16.9 Å². The van der Waals surface area contributed by atoms with E-state index in [0.29, 0.717) is 15.2 Å². The van der Waals surface area contributed by atoms with E-state index >= 15 is 0 Å². The maximum atomic E-state index is 12.8. The zero-order valence-corrected chi connectivity index (χ0v) is 16.2. The molecule has 5 nitrogen and oxygen atoms in total. The number of halogens is 3. The minimum Gasteiger partial charge on any atom is -0.451 e. The van der Waals surface area contributed by atoms with Gasteiger partial charge >= 0.3 is 0 Å². The lowest BCUT2D eigenvalue weighted by atomic mass is 10.1. The summed E-state index contributed by atoms with van der Waals surface area (Å²) in [5.74, 6) is -0.840. The van der Waals surface area contributed by atoms with Gasteiger partial charge in [-0.3, -0.25) is 19.8 Å². The molecule has 1 saturated heterocycles. The first kappa shape index (κ1) is 17.4. The van der Waals surface area contributed by atoms with Crippen molar-refractivity contribution in [3.63, 3.8) is 0 Å². The summed E-state index contributed by atoms with van der Waals surface area (Å²) in [6.07, 6.45) is 1.35. The van der Waals surface area contributed by atoms with Crippen LogP contribution in [0, 0.1) is 3.77 Å². The lowest BCUT2D eigenvalue weighted by Gasteiger charge is -2.29. The molecule has 0 aliphatic carbocycles. The second-order valence-electron chi connectivity index (χ2n) is 4.67. The Morgan fingerprint density at radius 1 is 1.21 bits per heavy atom. The van der Waals surface area contributed by atoms with Crippen molar-refractivity contribution in [2.45, 2.75) is 0 Å². The molecule has 0 unspecified atom stereocenters. The number of hydrogen-bond donors (Lipinski definition) is 1. The SMILES string of the molecule is O=C1NC(=S)N(c2cccc(Cl)c2Cl)C(=O)/C1=C/c1ccc(I)o1. The molecule has 9 heteroatoms. The highest BCUT2D eigenvalue weighted by atomic mass is 127. The molecule has 1 N–H and O–H groups in total. The van der Waals surface area contributed by atoms with E-state index in [1.54, 1.807) is 30.3 Å². The Balaban J connectivity index is 2.06. The number of rotatable bonds is 2. The first-order valence-electron chi connectivity index (χ1n) is 6.49. The van der Waals surface area contributed by atoms with Gasteiger partial charge in [0.1, 0.15) is 11.3 Å². The lowest BCUT2D eigenvalue weighted by molar-refractivity contribution is -0.122. The Bertz CT molecular complexity index is 910. The highest BCUT2D eigenvalue weighted by Crippen LogP contribution is 2.34. The van der Waals surface area contributed by atoms with E-state index in [9.17, 15) is 9.59 Å². The fourth-order valence-electron chi connectivity index (χ4n) is 2.09. The summed E-state index contributed by atoms with van der Waals surface area (Å²) in [6, 6.07) is 8.18. The van der Waals surface area contributed by atoms with E-state index in [1.807, 2.05) is 22.6 Å². The third kappa shape index (κ3) is 3.21. The van der Waals surface area contributed by atoms with Crippen LogP contribution in [0.3, 0.4) is 0 Å². The van der Waals surface area contributed by atoms with Crippen LogP contribution in [0.2, 0.25) is 10.0 Å². The van der Waals surface area contributed by atoms with Crippen molar-refractivity contribution in [2.75, 3.05) is 4.90 Å². The lowest BCUT2D eigenvalue weighted by Crippen LogP contribution is -2.54. The van der Waals surface area contributed by atoms with Gasteiger partial charge < -0.3 is 4.42 Å². The minimum atomic E-state index is -0.612. The van der Waals surface area contributed by atoms with Crippen molar-refractivity contribution in [1.82, 2.24) is 5.32 Å². The maximum absolute atomic E-state index is 12.8. The Labute approximate surface area is 165 Å². The van der Waals surface area contributed by atoms with E-state index in [-0.39, 0.29) is 20.7 Å². The molecule has 2 heterocycles. The first-order valence-corrected chi connectivity index (χ1v) is 8.73. The fraction of sp³-hybridized carbons (Fsp3) is 0. The zero-order valence-electron chi connectivity index (χ0n) is 11.7. The fourth-order valence-corrected chi connectivity index (χ4v) is 3.18. The Kier molecular flexibility index (Phi) is 4.95. The third-order valence-electron chi connectivity index (χ3n) is 3.15. The van der Waals surface area contributed by atoms with Gasteiger partial charge in [-0.25, -0.2) is 0 Å². The number of carbonyl (C=O) groups is 2. The normalized spacial score (nSPS) is 16.7. The predicted molar refractivity (Wildman–Crippen MR) is 104 cm³/mol. The van der Waals surface area contributed by atoms with Crippen LogP contribution in [0.25, 0.3) is 6.08 Å². The van der Waals surface area contributed by atoms with Gasteiger partial charge in [0.15, 0.2) is 8.88 Å². The maximum Gasteiger partial charge on any atom is 0.270 e. The van der Waals surface area contributed by atoms with Crippen molar-refractivity contribution in [1.29, 1.82) is 0 Å². The van der Waals surface area contributed by atoms with Crippen LogP contribution in [0.1, 0.15) is 5.76 Å². The van der Waals surface area contributed by atoms with E-state index in [0.717, 1.165) is 4.90 Å². The number of carbonyl (C=O) groups excluding carboxylic acids is 2. The van der Waals surface area contributed by atoms with Crippen LogP contribution < -0.4 is 10.2 Å². The summed E-state index contributed by atoms with van der Waals surface area (Å²) in [4.78, 5) is 26.1. The number of thiocarbonyl (C=S) groups is 1. The predicted octanol–water partition coefficient (Wildman–Crippen LogP) is 4.02. The van der Waals surface area contributed by atoms with Gasteiger partial charge in [0.25, 0.3) is 11.8 Å². The number of benzene rings is 1. The van der Waals surface area contributed by atoms with Gasteiger partial charge in [-0.05, 0) is 65.2 Å². The first-order chi connectivity index (χ1) is 11.4. The van der Waals surface area contributed by atoms with Crippen LogP contribution >= 0.6 is 58.0 Å². The van der Waals surface area contributed by atoms with Gasteiger partial charge in [-0.15, -0.1) is 0 Å². The summed E-state index contributed by atoms with van der Waals surface area (Å²) in [7, 11) is 0. The largest absolute Gasteiger partial charge is 0.451 e. The van der Waals surface area contributed by atoms with Crippen molar-refractivity contribution >= 4 is 86.7 Å². The Morgan fingerprint density at radius 3 is 2.62 bits per heavy atom. The quantitative estimate of drug-likeness (QED) is 0.297. The Morgan fingerprint density at radius 2 is 1.96 bits per heavy atom. The molecule has 0 atom stereocenters. The molecule has 1 aromatic heterocycles. The molecule has 0 saturated carbocycles. The molecule has 1 fully saturated rings. The van der Waals surface area contributed by atoms with Crippen LogP contribution in [0.5, 0.6) is 0 Å². The van der Waals surface area contributed by atoms with Crippen molar-refractivity contribution < 1.29 is 14.0 Å². The molecular formula is C15H7Cl2IN2O3S. The molecule has 1 aromatic carbocycles. The molecular weight excluding hydrogens is 486 g/mol. The number of amides is 2. The summed E-state index contributed by atoms with van der Waals surface area (Å²) < 4.78 is 6.01. The second kappa shape index (κ2) is 6.83. The number of hydrogen-bond acceptors (Lipinski definition) is 4. The molecule has 2 amide bonds. The van der Waals surface area contributed by atoms with Gasteiger partial charge in [0, 0.05) is 0 Å². The van der Waals surface area contributed by atoms with Crippen LogP contribution in [0.4, 0.5) is 5.69 Å². The van der Waals surface area contributed by atoms with E-state index in [4.69, 9.17) is 39.8 Å². The highest BCUT2D eigenvalue weighted by molar-refractivity contribution is 14.1. The van der Waals surface area contributed by atoms with Crippen molar-refractivity contribution in [2.24, 2.45) is 0 Å². The van der Waals surface area contributed by atoms with Crippen molar-refractivity contribution in [3.05, 3.63) is 55.5 Å². The average molecular weight is 493 g/mol. The molecule has 0 bridgehead atoms. The minimum absolute atomic E-state index is 0.0691. The van der Waals surface area contributed by atoms with Crippen LogP contribution in [-0.2, 0) is 9.59 Å². The van der Waals surface area contributed by atoms with Crippen molar-refractivity contribution in [3.8, 4) is 0 Å². The van der Waals surface area contributed by atoms with E-state index < -0.39 is 11.8 Å². The topological polar surface area (TPSA) is 62.6 Å². The van der Waals surface area contributed by atoms with Gasteiger partial charge in [-0.2, -0.15) is 0 Å². The summed E-state index contributed by atoms with van der Waals surface area (Å²) >= 11 is 19.3. The standard InChI is InChI=1S/C15H7Cl2IN2O3S/c16-9-2-1-3-10(12(9)17)20-14(22)8(13(21)19-15(20)24)6-7-4-5-11(18)23-7/h1-6H,(H,19,21,24)/b8-6+. The number of nitrogens with zero attached hydrogens (tertiary/aromatic N) is 1. The zero-order chi connectivity index (χ0) is 17.4. The summed E-state index contributed by atoms with van der Waals surface area (Å²) in [5, 5.41) is 2.83. The molecule has 1 aliphatic rings. The second-order valence-corrected chi connectivity index (χ2v) is 6.91. The number of furan rings is 1. The monoisotopic (exact) mass is 492 g/mol. The summed E-state index contributed by atoms with van der Waals surface area (Å²) in [6.45, 7) is 0. The summed E-state index contributed by atoms with van der Waals surface area (Å²) in [5.41, 5.74) is 0.171. The molecule has 0 spiro atoms. The van der Waals surface area contributed by atoms with E-state index in [2.05, 4.69) is 5.32 Å². The Hall–Kier alpha value is -1.42. The van der Waals surface area contributed by atoms with E-state index in [1.165, 1.54) is 6.08 Å². The average Bonchev–Trinajstić information content (AvgIpc) is 2.93. The van der Waals surface area contributed by atoms with Crippen LogP contribution in [0.15, 0.2) is 40.3 Å². The van der Waals surface area contributed by atoms with Gasteiger partial charge in [0.05, 0.1) is 15.7 Å². The molecule has 1 aliphatic heterocycles. The highest BCUT2D eigenvalue weighted by Gasteiger charge is 2.35. The molecule has 24 heavy (non-hydrogen) atoms. The smallest absolute Gasteiger partial charge is 0.270 e. The molecule has 122 valence electrons.